The molecule has 0 amide bonds. The van der Waals surface area contributed by atoms with E-state index >= 15 is 0 Å². The van der Waals surface area contributed by atoms with Crippen molar-refractivity contribution in [2.75, 3.05) is 0 Å². The van der Waals surface area contributed by atoms with Crippen molar-refractivity contribution < 1.29 is 38.1 Å². The summed E-state index contributed by atoms with van der Waals surface area (Å²) in [4.78, 5) is 49.8. The van der Waals surface area contributed by atoms with Crippen LogP contribution in [0, 0.1) is 0 Å². The fraction of sp³-hybridized carbons (Fsp3) is 0.154. The molecule has 1 aliphatic rings. The van der Waals surface area contributed by atoms with E-state index in [1.165, 1.54) is 0 Å². The van der Waals surface area contributed by atoms with E-state index in [-0.39, 0.29) is 16.7 Å². The maximum Gasteiger partial charge on any atom is 0.338 e. The van der Waals surface area contributed by atoms with Gasteiger partial charge in [0.15, 0.2) is 12.2 Å². The molecule has 2 heterocycles. The first-order valence-electron chi connectivity index (χ1n) is 15.7. The van der Waals surface area contributed by atoms with Crippen LogP contribution in [-0.4, -0.2) is 58.6 Å². The summed E-state index contributed by atoms with van der Waals surface area (Å²) in [5, 5.41) is 0. The van der Waals surface area contributed by atoms with E-state index in [2.05, 4.69) is 4.98 Å². The molecule has 1 fully saturated rings. The first-order valence-corrected chi connectivity index (χ1v) is 15.7. The van der Waals surface area contributed by atoms with E-state index in [4.69, 9.17) is 28.7 Å². The molecule has 7 rings (SSSR count). The van der Waals surface area contributed by atoms with E-state index in [1.807, 2.05) is 24.3 Å². The maximum absolute atomic E-state index is 13.5. The van der Waals surface area contributed by atoms with Crippen LogP contribution in [0.5, 0.6) is 5.75 Å². The number of esters is 3. The van der Waals surface area contributed by atoms with Crippen LogP contribution in [-0.2, 0) is 18.9 Å². The zero-order valence-corrected chi connectivity index (χ0v) is 26.2. The Morgan fingerprint density at radius 2 is 0.939 bits per heavy atom. The highest BCUT2D eigenvalue weighted by Crippen LogP contribution is 2.33. The second-order valence-electron chi connectivity index (χ2n) is 11.4. The summed E-state index contributed by atoms with van der Waals surface area (Å²) in [6, 6.07) is 37.7. The molecule has 10 nitrogen and oxygen atoms in total. The number of fused-ring (bicyclic) bond motifs is 2. The average Bonchev–Trinajstić information content (AvgIpc) is 3.14. The standard InChI is InChI=1S/C39H30N2O8/c1-24-33(47-36(42)25-13-5-2-6-14-25)34(48-37(43)26-15-7-3-8-16-26)35(49-38(44)27-17-9-4-10-18-27)39(45-24)46-28-21-22-31-32(23-28)41-30-20-12-11-19-29(30)40-31/h2-24,33-35,39H,1H3/t24-,33-,34+,35-,39-/m0/s1. The Kier molecular flexibility index (Phi) is 8.94. The third-order valence-electron chi connectivity index (χ3n) is 8.05. The van der Waals surface area contributed by atoms with Crippen LogP contribution in [0.15, 0.2) is 133 Å². The van der Waals surface area contributed by atoms with Gasteiger partial charge in [-0.05, 0) is 67.6 Å². The zero-order valence-electron chi connectivity index (χ0n) is 26.2. The lowest BCUT2D eigenvalue weighted by molar-refractivity contribution is -0.266. The van der Waals surface area contributed by atoms with Crippen LogP contribution >= 0.6 is 0 Å². The minimum absolute atomic E-state index is 0.249. The molecule has 0 saturated carbocycles. The van der Waals surface area contributed by atoms with Crippen molar-refractivity contribution in [3.05, 3.63) is 150 Å². The SMILES string of the molecule is C[C@@H]1O[C@@H](Oc2ccc3nc4ccccc4nc3c2)[C@@H](OC(=O)c2ccccc2)[C@H](OC(=O)c2ccccc2)[C@H]1OC(=O)c1ccccc1. The Morgan fingerprint density at radius 3 is 1.47 bits per heavy atom. The van der Waals surface area contributed by atoms with Gasteiger partial charge in [-0.2, -0.15) is 0 Å². The number of para-hydroxylation sites is 2. The normalized spacial score (nSPS) is 20.3. The molecule has 0 radical (unpaired) electrons. The van der Waals surface area contributed by atoms with Gasteiger partial charge < -0.3 is 23.7 Å². The molecule has 5 aromatic carbocycles. The summed E-state index contributed by atoms with van der Waals surface area (Å²) >= 11 is 0. The van der Waals surface area contributed by atoms with Gasteiger partial charge in [0.05, 0.1) is 44.9 Å². The predicted molar refractivity (Wildman–Crippen MR) is 179 cm³/mol. The lowest BCUT2D eigenvalue weighted by atomic mass is 9.98. The van der Waals surface area contributed by atoms with Gasteiger partial charge in [-0.15, -0.1) is 0 Å². The van der Waals surface area contributed by atoms with Crippen molar-refractivity contribution in [2.45, 2.75) is 37.6 Å². The van der Waals surface area contributed by atoms with Crippen molar-refractivity contribution >= 4 is 40.0 Å². The maximum atomic E-state index is 13.5. The number of hydrogen-bond acceptors (Lipinski definition) is 10. The molecule has 0 aliphatic carbocycles. The quantitative estimate of drug-likeness (QED) is 0.101. The minimum Gasteiger partial charge on any atom is -0.461 e. The van der Waals surface area contributed by atoms with Crippen molar-refractivity contribution in [3.63, 3.8) is 0 Å². The second kappa shape index (κ2) is 13.9. The number of nitrogens with zero attached hydrogens (tertiary/aromatic N) is 2. The summed E-state index contributed by atoms with van der Waals surface area (Å²) in [7, 11) is 0. The van der Waals surface area contributed by atoms with Crippen LogP contribution in [0.4, 0.5) is 0 Å². The topological polar surface area (TPSA) is 123 Å². The van der Waals surface area contributed by atoms with E-state index < -0.39 is 48.6 Å². The molecule has 49 heavy (non-hydrogen) atoms. The summed E-state index contributed by atoms with van der Waals surface area (Å²) in [5.74, 6) is -1.77. The lowest BCUT2D eigenvalue weighted by Gasteiger charge is -2.43. The Morgan fingerprint density at radius 1 is 0.510 bits per heavy atom. The van der Waals surface area contributed by atoms with Gasteiger partial charge in [-0.1, -0.05) is 66.7 Å². The number of aromatic nitrogens is 2. The number of rotatable bonds is 8. The Labute approximate surface area is 281 Å². The Hall–Kier alpha value is -6.13. The van der Waals surface area contributed by atoms with E-state index in [1.54, 1.807) is 116 Å². The van der Waals surface area contributed by atoms with Crippen molar-refractivity contribution in [1.29, 1.82) is 0 Å². The third-order valence-corrected chi connectivity index (χ3v) is 8.05. The number of carbonyl (C=O) groups excluding carboxylic acids is 3. The van der Waals surface area contributed by atoms with Crippen LogP contribution < -0.4 is 4.74 Å². The highest BCUT2D eigenvalue weighted by Gasteiger charge is 2.52. The molecule has 0 N–H and O–H groups in total. The van der Waals surface area contributed by atoms with Crippen molar-refractivity contribution in [3.8, 4) is 5.75 Å². The number of carbonyl (C=O) groups is 3. The van der Waals surface area contributed by atoms with Crippen LogP contribution in [0.2, 0.25) is 0 Å². The average molecular weight is 655 g/mol. The predicted octanol–water partition coefficient (Wildman–Crippen LogP) is 6.58. The van der Waals surface area contributed by atoms with Crippen LogP contribution in [0.3, 0.4) is 0 Å². The monoisotopic (exact) mass is 654 g/mol. The molecule has 1 aliphatic heterocycles. The summed E-state index contributed by atoms with van der Waals surface area (Å²) in [6.07, 6.45) is -6.09. The van der Waals surface area contributed by atoms with Gasteiger partial charge in [0.2, 0.25) is 12.4 Å². The van der Waals surface area contributed by atoms with Crippen molar-refractivity contribution in [1.82, 2.24) is 9.97 Å². The lowest BCUT2D eigenvalue weighted by Crippen LogP contribution is -2.62. The summed E-state index contributed by atoms with van der Waals surface area (Å²) in [6.45, 7) is 1.66. The second-order valence-corrected chi connectivity index (χ2v) is 11.4. The molecule has 0 spiro atoms. The van der Waals surface area contributed by atoms with Gasteiger partial charge in [0, 0.05) is 6.07 Å². The van der Waals surface area contributed by atoms with Gasteiger partial charge >= 0.3 is 17.9 Å². The number of hydrogen-bond donors (Lipinski definition) is 0. The Balaban J connectivity index is 1.26. The van der Waals surface area contributed by atoms with E-state index in [0.29, 0.717) is 22.3 Å². The number of benzene rings is 5. The van der Waals surface area contributed by atoms with E-state index in [9.17, 15) is 14.4 Å². The van der Waals surface area contributed by atoms with Gasteiger partial charge in [-0.3, -0.25) is 0 Å². The smallest absolute Gasteiger partial charge is 0.338 e. The summed E-state index contributed by atoms with van der Waals surface area (Å²) < 4.78 is 30.7. The zero-order chi connectivity index (χ0) is 33.7. The highest BCUT2D eigenvalue weighted by molar-refractivity contribution is 5.91. The Bertz CT molecular complexity index is 2110. The third kappa shape index (κ3) is 6.95. The summed E-state index contributed by atoms with van der Waals surface area (Å²) in [5.41, 5.74) is 3.46. The molecule has 10 heteroatoms. The van der Waals surface area contributed by atoms with Crippen LogP contribution in [0.25, 0.3) is 22.1 Å². The largest absolute Gasteiger partial charge is 0.461 e. The molecule has 5 atom stereocenters. The highest BCUT2D eigenvalue weighted by atomic mass is 16.7. The first-order chi connectivity index (χ1) is 23.9. The van der Waals surface area contributed by atoms with Gasteiger partial charge in [0.25, 0.3) is 0 Å². The molecule has 0 unspecified atom stereocenters. The molecule has 0 bridgehead atoms. The molecule has 6 aromatic rings. The molecule has 244 valence electrons. The fourth-order valence-electron chi connectivity index (χ4n) is 5.60. The minimum atomic E-state index is -1.39. The molecular formula is C39H30N2O8. The van der Waals surface area contributed by atoms with E-state index in [0.717, 1.165) is 5.52 Å². The van der Waals surface area contributed by atoms with Crippen molar-refractivity contribution in [2.24, 2.45) is 0 Å². The molecule has 1 aromatic heterocycles. The van der Waals surface area contributed by atoms with Gasteiger partial charge in [0.1, 0.15) is 5.75 Å². The number of ether oxygens (including phenoxy) is 5. The van der Waals surface area contributed by atoms with Crippen LogP contribution in [0.1, 0.15) is 38.0 Å². The molecular weight excluding hydrogens is 624 g/mol. The van der Waals surface area contributed by atoms with Gasteiger partial charge in [-0.25, -0.2) is 24.4 Å². The fourth-order valence-corrected chi connectivity index (χ4v) is 5.60. The first kappa shape index (κ1) is 31.5. The molecule has 1 saturated heterocycles.